The van der Waals surface area contributed by atoms with Crippen LogP contribution in [0.4, 0.5) is 0 Å². The van der Waals surface area contributed by atoms with Gasteiger partial charge in [0.25, 0.3) is 0 Å². The van der Waals surface area contributed by atoms with Gasteiger partial charge in [-0.3, -0.25) is 0 Å². The van der Waals surface area contributed by atoms with Gasteiger partial charge in [-0.2, -0.15) is 0 Å². The molecule has 0 radical (unpaired) electrons. The van der Waals surface area contributed by atoms with Gasteiger partial charge in [0.05, 0.1) is 0 Å². The second-order valence-electron chi connectivity index (χ2n) is 5.71. The average Bonchev–Trinajstić information content (AvgIpc) is 2.39. The third-order valence-corrected chi connectivity index (χ3v) is 5.04. The van der Waals surface area contributed by atoms with Gasteiger partial charge in [-0.1, -0.05) is 24.6 Å². The van der Waals surface area contributed by atoms with Gasteiger partial charge in [0.1, 0.15) is 0 Å². The van der Waals surface area contributed by atoms with Crippen molar-refractivity contribution in [2.45, 2.75) is 44.1 Å². The van der Waals surface area contributed by atoms with Crippen molar-refractivity contribution in [1.29, 1.82) is 0 Å². The molecule has 1 fully saturated rings. The van der Waals surface area contributed by atoms with Crippen LogP contribution in [0, 0.1) is 5.92 Å². The minimum absolute atomic E-state index is 0.375. The van der Waals surface area contributed by atoms with E-state index in [1.807, 2.05) is 0 Å². The van der Waals surface area contributed by atoms with Crippen molar-refractivity contribution in [1.82, 2.24) is 5.32 Å². The number of fused-ring (bicyclic) bond motifs is 1. The van der Waals surface area contributed by atoms with Crippen molar-refractivity contribution in [3.8, 4) is 0 Å². The van der Waals surface area contributed by atoms with Crippen molar-refractivity contribution in [2.75, 3.05) is 6.54 Å². The summed E-state index contributed by atoms with van der Waals surface area (Å²) < 4.78 is 0. The van der Waals surface area contributed by atoms with Gasteiger partial charge < -0.3 is 5.32 Å². The Morgan fingerprint density at radius 3 is 3.31 bits per heavy atom. The van der Waals surface area contributed by atoms with E-state index in [2.05, 4.69) is 23.5 Å². The summed E-state index contributed by atoms with van der Waals surface area (Å²) in [6, 6.07) is 0. The minimum Gasteiger partial charge on any atom is -0.303 e. The molecule has 1 spiro atoms. The first-order valence-electron chi connectivity index (χ1n) is 6.76. The van der Waals surface area contributed by atoms with Crippen molar-refractivity contribution < 1.29 is 0 Å². The molecule has 3 aliphatic carbocycles. The van der Waals surface area contributed by atoms with Crippen molar-refractivity contribution in [3.05, 3.63) is 34.9 Å². The first-order chi connectivity index (χ1) is 7.90. The summed E-state index contributed by atoms with van der Waals surface area (Å²) in [5.41, 5.74) is 5.35. The van der Waals surface area contributed by atoms with E-state index in [9.17, 15) is 0 Å². The van der Waals surface area contributed by atoms with Crippen molar-refractivity contribution >= 4 is 0 Å². The lowest BCUT2D eigenvalue weighted by atomic mass is 9.58. The molecule has 16 heavy (non-hydrogen) atoms. The van der Waals surface area contributed by atoms with Gasteiger partial charge in [0.15, 0.2) is 0 Å². The molecule has 5 rings (SSSR count). The maximum atomic E-state index is 3.87. The van der Waals surface area contributed by atoms with E-state index in [1.165, 1.54) is 38.5 Å². The topological polar surface area (TPSA) is 12.0 Å². The van der Waals surface area contributed by atoms with Gasteiger partial charge in [-0.15, -0.1) is 0 Å². The molecular weight excluding hydrogens is 194 g/mol. The molecule has 1 N–H and O–H groups in total. The Hall–Kier alpha value is -0.820. The number of hydrogen-bond donors (Lipinski definition) is 1. The Morgan fingerprint density at radius 1 is 1.31 bits per heavy atom. The van der Waals surface area contributed by atoms with E-state index < -0.39 is 0 Å². The third-order valence-electron chi connectivity index (χ3n) is 5.04. The second-order valence-corrected chi connectivity index (χ2v) is 5.71. The SMILES string of the molecule is C1=CC2=C3C=C4CCCCC4(NC3)C2CC1. The number of nitrogens with one attached hydrogen (secondary N) is 1. The molecule has 0 aromatic rings. The highest BCUT2D eigenvalue weighted by Crippen LogP contribution is 2.51. The molecule has 1 saturated carbocycles. The minimum atomic E-state index is 0.375. The molecule has 2 atom stereocenters. The molecule has 5 aliphatic rings. The van der Waals surface area contributed by atoms with E-state index in [-0.39, 0.29) is 0 Å². The maximum absolute atomic E-state index is 3.87. The summed E-state index contributed by atoms with van der Waals surface area (Å²) in [4.78, 5) is 0. The van der Waals surface area contributed by atoms with Crippen LogP contribution in [-0.4, -0.2) is 12.1 Å². The molecule has 84 valence electrons. The predicted octanol–water partition coefficient (Wildman–Crippen LogP) is 3.11. The fourth-order valence-electron chi connectivity index (χ4n) is 4.31. The summed E-state index contributed by atoms with van der Waals surface area (Å²) in [6.45, 7) is 1.11. The van der Waals surface area contributed by atoms with Crippen LogP contribution in [0.5, 0.6) is 0 Å². The van der Waals surface area contributed by atoms with Gasteiger partial charge in [-0.25, -0.2) is 0 Å². The predicted molar refractivity (Wildman–Crippen MR) is 66.2 cm³/mol. The second kappa shape index (κ2) is 3.10. The van der Waals surface area contributed by atoms with Crippen LogP contribution in [0.15, 0.2) is 34.9 Å². The summed E-state index contributed by atoms with van der Waals surface area (Å²) >= 11 is 0. The molecule has 2 heterocycles. The van der Waals surface area contributed by atoms with Gasteiger partial charge in [-0.05, 0) is 48.8 Å². The average molecular weight is 213 g/mol. The monoisotopic (exact) mass is 213 g/mol. The molecule has 2 unspecified atom stereocenters. The molecule has 2 aliphatic heterocycles. The zero-order valence-corrected chi connectivity index (χ0v) is 9.76. The Labute approximate surface area is 97.3 Å². The van der Waals surface area contributed by atoms with Gasteiger partial charge in [0, 0.05) is 18.0 Å². The molecule has 0 amide bonds. The molecule has 0 aromatic heterocycles. The number of allylic oxidation sites excluding steroid dienone is 2. The number of hydrogen-bond acceptors (Lipinski definition) is 1. The Bertz CT molecular complexity index is 427. The first kappa shape index (κ1) is 9.23. The summed E-state index contributed by atoms with van der Waals surface area (Å²) in [7, 11) is 0. The highest BCUT2D eigenvalue weighted by Gasteiger charge is 2.49. The summed E-state index contributed by atoms with van der Waals surface area (Å²) in [6.07, 6.45) is 15.5. The van der Waals surface area contributed by atoms with Gasteiger partial charge in [0.2, 0.25) is 0 Å². The Balaban J connectivity index is 1.91. The van der Waals surface area contributed by atoms with Crippen LogP contribution >= 0.6 is 0 Å². The van der Waals surface area contributed by atoms with Crippen LogP contribution < -0.4 is 5.32 Å². The van der Waals surface area contributed by atoms with Crippen LogP contribution in [0.3, 0.4) is 0 Å². The molecular formula is C15H19N. The lowest BCUT2D eigenvalue weighted by molar-refractivity contribution is 0.204. The van der Waals surface area contributed by atoms with Crippen molar-refractivity contribution in [3.63, 3.8) is 0 Å². The first-order valence-corrected chi connectivity index (χ1v) is 6.76. The van der Waals surface area contributed by atoms with Crippen LogP contribution in [0.25, 0.3) is 0 Å². The third kappa shape index (κ3) is 1.00. The molecule has 2 bridgehead atoms. The lowest BCUT2D eigenvalue weighted by Gasteiger charge is -2.54. The zero-order chi connectivity index (χ0) is 10.6. The smallest absolute Gasteiger partial charge is 0.0469 e. The molecule has 0 saturated heterocycles. The van der Waals surface area contributed by atoms with Crippen LogP contribution in [-0.2, 0) is 0 Å². The Kier molecular flexibility index (Phi) is 1.79. The van der Waals surface area contributed by atoms with Crippen LogP contribution in [0.2, 0.25) is 0 Å². The van der Waals surface area contributed by atoms with E-state index in [0.717, 1.165) is 12.5 Å². The quantitative estimate of drug-likeness (QED) is 0.652. The largest absolute Gasteiger partial charge is 0.303 e. The normalized spacial score (nSPS) is 40.5. The van der Waals surface area contributed by atoms with E-state index in [1.54, 1.807) is 16.7 Å². The molecule has 1 heteroatoms. The molecule has 0 aromatic carbocycles. The lowest BCUT2D eigenvalue weighted by Crippen LogP contribution is -2.60. The Morgan fingerprint density at radius 2 is 2.31 bits per heavy atom. The molecule has 1 nitrogen and oxygen atoms in total. The van der Waals surface area contributed by atoms with E-state index in [0.29, 0.717) is 5.54 Å². The van der Waals surface area contributed by atoms with Gasteiger partial charge >= 0.3 is 0 Å². The summed E-state index contributed by atoms with van der Waals surface area (Å²) in [5, 5.41) is 3.87. The number of rotatable bonds is 0. The zero-order valence-electron chi connectivity index (χ0n) is 9.76. The fourth-order valence-corrected chi connectivity index (χ4v) is 4.31. The highest BCUT2D eigenvalue weighted by atomic mass is 15.0. The standard InChI is InChI=1S/C15H19N/c1-2-7-14-13(6-1)11-9-12-5-3-4-8-15(12,14)16-10-11/h1,6,9,14,16H,2-5,7-8,10H2. The summed E-state index contributed by atoms with van der Waals surface area (Å²) in [5.74, 6) is 0.793. The maximum Gasteiger partial charge on any atom is 0.0469 e. The van der Waals surface area contributed by atoms with Crippen molar-refractivity contribution in [2.24, 2.45) is 5.92 Å². The highest BCUT2D eigenvalue weighted by molar-refractivity contribution is 5.53. The van der Waals surface area contributed by atoms with E-state index in [4.69, 9.17) is 0 Å². The van der Waals surface area contributed by atoms with E-state index >= 15 is 0 Å². The van der Waals surface area contributed by atoms with Crippen LogP contribution in [0.1, 0.15) is 38.5 Å². The fraction of sp³-hybridized carbons (Fsp3) is 0.600.